The zero-order chi connectivity index (χ0) is 13.2. The van der Waals surface area contributed by atoms with E-state index in [1.807, 2.05) is 11.9 Å². The number of hydrogen-bond acceptors (Lipinski definition) is 2. The van der Waals surface area contributed by atoms with Crippen LogP contribution in [0.25, 0.3) is 0 Å². The minimum atomic E-state index is -0.290. The van der Waals surface area contributed by atoms with Crippen molar-refractivity contribution in [2.45, 2.75) is 20.8 Å². The van der Waals surface area contributed by atoms with Gasteiger partial charge in [-0.1, -0.05) is 33.0 Å². The van der Waals surface area contributed by atoms with Crippen LogP contribution in [-0.4, -0.2) is 18.6 Å². The second-order valence-electron chi connectivity index (χ2n) is 5.45. The Balaban J connectivity index is 2.96. The van der Waals surface area contributed by atoms with Gasteiger partial charge in [-0.25, -0.2) is 4.39 Å². The SMILES string of the molecule is CN(CC(C)(C)C)c1ccc(C(N)=S)cc1F. The van der Waals surface area contributed by atoms with Crippen molar-refractivity contribution in [2.75, 3.05) is 18.5 Å². The first kappa shape index (κ1) is 13.9. The fourth-order valence-electron chi connectivity index (χ4n) is 1.77. The largest absolute Gasteiger partial charge is 0.389 e. The first-order valence-electron chi connectivity index (χ1n) is 5.51. The molecule has 0 heterocycles. The first-order valence-corrected chi connectivity index (χ1v) is 5.92. The lowest BCUT2D eigenvalue weighted by atomic mass is 9.96. The lowest BCUT2D eigenvalue weighted by Gasteiger charge is -2.28. The summed E-state index contributed by atoms with van der Waals surface area (Å²) in [6, 6.07) is 4.85. The minimum absolute atomic E-state index is 0.114. The Labute approximate surface area is 108 Å². The van der Waals surface area contributed by atoms with Gasteiger partial charge in [0.2, 0.25) is 0 Å². The van der Waals surface area contributed by atoms with E-state index in [0.29, 0.717) is 11.3 Å². The van der Waals surface area contributed by atoms with Gasteiger partial charge < -0.3 is 10.6 Å². The summed E-state index contributed by atoms with van der Waals surface area (Å²) in [5, 5.41) is 0. The predicted molar refractivity (Wildman–Crippen MR) is 75.0 cm³/mol. The molecule has 0 aliphatic heterocycles. The summed E-state index contributed by atoms with van der Waals surface area (Å²) < 4.78 is 13.9. The van der Waals surface area contributed by atoms with E-state index < -0.39 is 0 Å². The monoisotopic (exact) mass is 254 g/mol. The molecule has 1 aromatic rings. The number of thiocarbonyl (C=S) groups is 1. The van der Waals surface area contributed by atoms with Crippen molar-refractivity contribution >= 4 is 22.9 Å². The van der Waals surface area contributed by atoms with E-state index >= 15 is 0 Å². The average Bonchev–Trinajstić information content (AvgIpc) is 2.14. The lowest BCUT2D eigenvalue weighted by Crippen LogP contribution is -2.29. The molecular weight excluding hydrogens is 235 g/mol. The van der Waals surface area contributed by atoms with Crippen LogP contribution in [0, 0.1) is 11.2 Å². The Bertz CT molecular complexity index is 424. The van der Waals surface area contributed by atoms with Crippen molar-refractivity contribution in [2.24, 2.45) is 11.1 Å². The predicted octanol–water partition coefficient (Wildman–Crippen LogP) is 2.94. The fraction of sp³-hybridized carbons (Fsp3) is 0.462. The summed E-state index contributed by atoms with van der Waals surface area (Å²) in [6.45, 7) is 7.12. The van der Waals surface area contributed by atoms with Gasteiger partial charge >= 0.3 is 0 Å². The van der Waals surface area contributed by atoms with Crippen molar-refractivity contribution in [3.05, 3.63) is 29.6 Å². The van der Waals surface area contributed by atoms with Gasteiger partial charge in [0, 0.05) is 19.2 Å². The highest BCUT2D eigenvalue weighted by atomic mass is 32.1. The van der Waals surface area contributed by atoms with Crippen LogP contribution in [0.1, 0.15) is 26.3 Å². The number of halogens is 1. The van der Waals surface area contributed by atoms with Crippen LogP contribution in [0.4, 0.5) is 10.1 Å². The van der Waals surface area contributed by atoms with Crippen molar-refractivity contribution in [3.63, 3.8) is 0 Å². The zero-order valence-corrected chi connectivity index (χ0v) is 11.6. The number of benzene rings is 1. The van der Waals surface area contributed by atoms with Crippen LogP contribution in [0.5, 0.6) is 0 Å². The number of nitrogens with two attached hydrogens (primary N) is 1. The van der Waals surface area contributed by atoms with E-state index in [1.54, 1.807) is 12.1 Å². The Kier molecular flexibility index (Phi) is 4.09. The van der Waals surface area contributed by atoms with Crippen LogP contribution in [0.2, 0.25) is 0 Å². The quantitative estimate of drug-likeness (QED) is 0.841. The van der Waals surface area contributed by atoms with E-state index in [0.717, 1.165) is 6.54 Å². The summed E-state index contributed by atoms with van der Waals surface area (Å²) in [7, 11) is 1.88. The number of anilines is 1. The summed E-state index contributed by atoms with van der Waals surface area (Å²) in [4.78, 5) is 2.12. The highest BCUT2D eigenvalue weighted by molar-refractivity contribution is 7.80. The van der Waals surface area contributed by atoms with Crippen molar-refractivity contribution in [1.82, 2.24) is 0 Å². The van der Waals surface area contributed by atoms with Crippen molar-refractivity contribution in [3.8, 4) is 0 Å². The molecule has 1 rings (SSSR count). The molecule has 4 heteroatoms. The maximum atomic E-state index is 13.9. The molecule has 0 unspecified atom stereocenters. The molecule has 94 valence electrons. The maximum Gasteiger partial charge on any atom is 0.147 e. The molecule has 2 N–H and O–H groups in total. The van der Waals surface area contributed by atoms with Gasteiger partial charge in [-0.2, -0.15) is 0 Å². The standard InChI is InChI=1S/C13H19FN2S/c1-13(2,3)8-16(4)11-6-5-9(12(15)17)7-10(11)14/h5-7H,8H2,1-4H3,(H2,15,17). The Morgan fingerprint density at radius 2 is 2.00 bits per heavy atom. The van der Waals surface area contributed by atoms with Crippen LogP contribution in [-0.2, 0) is 0 Å². The molecule has 0 aliphatic rings. The summed E-state index contributed by atoms with van der Waals surface area (Å²) in [5.41, 5.74) is 6.71. The van der Waals surface area contributed by atoms with E-state index in [-0.39, 0.29) is 16.2 Å². The van der Waals surface area contributed by atoms with Crippen molar-refractivity contribution in [1.29, 1.82) is 0 Å². The molecule has 0 bridgehead atoms. The van der Waals surface area contributed by atoms with Gasteiger partial charge in [0.05, 0.1) is 5.69 Å². The van der Waals surface area contributed by atoms with Gasteiger partial charge in [0.25, 0.3) is 0 Å². The van der Waals surface area contributed by atoms with Gasteiger partial charge in [-0.05, 0) is 23.6 Å². The molecule has 0 aliphatic carbocycles. The average molecular weight is 254 g/mol. The molecule has 1 aromatic carbocycles. The Morgan fingerprint density at radius 3 is 2.41 bits per heavy atom. The highest BCUT2D eigenvalue weighted by Crippen LogP contribution is 2.23. The summed E-state index contributed by atoms with van der Waals surface area (Å²) in [6.07, 6.45) is 0. The fourth-order valence-corrected chi connectivity index (χ4v) is 1.89. The second kappa shape index (κ2) is 5.00. The molecule has 2 nitrogen and oxygen atoms in total. The first-order chi connectivity index (χ1) is 7.70. The van der Waals surface area contributed by atoms with Gasteiger partial charge in [-0.15, -0.1) is 0 Å². The van der Waals surface area contributed by atoms with Crippen LogP contribution >= 0.6 is 12.2 Å². The van der Waals surface area contributed by atoms with E-state index in [2.05, 4.69) is 20.8 Å². The molecule has 17 heavy (non-hydrogen) atoms. The zero-order valence-electron chi connectivity index (χ0n) is 10.7. The summed E-state index contributed by atoms with van der Waals surface area (Å²) >= 11 is 4.82. The Hall–Kier alpha value is -1.16. The molecule has 0 fully saturated rings. The third-order valence-electron chi connectivity index (χ3n) is 2.35. The molecule has 0 saturated carbocycles. The van der Waals surface area contributed by atoms with Crippen LogP contribution in [0.3, 0.4) is 0 Å². The normalized spacial score (nSPS) is 11.4. The minimum Gasteiger partial charge on any atom is -0.389 e. The molecule has 0 aromatic heterocycles. The molecule has 0 spiro atoms. The molecule has 0 radical (unpaired) electrons. The molecule has 0 amide bonds. The van der Waals surface area contributed by atoms with Crippen LogP contribution < -0.4 is 10.6 Å². The smallest absolute Gasteiger partial charge is 0.147 e. The third-order valence-corrected chi connectivity index (χ3v) is 2.59. The number of nitrogens with zero attached hydrogens (tertiary/aromatic N) is 1. The van der Waals surface area contributed by atoms with Crippen LogP contribution in [0.15, 0.2) is 18.2 Å². The Morgan fingerprint density at radius 1 is 1.41 bits per heavy atom. The molecule has 0 atom stereocenters. The van der Waals surface area contributed by atoms with E-state index in [4.69, 9.17) is 18.0 Å². The van der Waals surface area contributed by atoms with E-state index in [9.17, 15) is 4.39 Å². The van der Waals surface area contributed by atoms with Gasteiger partial charge in [-0.3, -0.25) is 0 Å². The topological polar surface area (TPSA) is 29.3 Å². The number of rotatable bonds is 3. The summed E-state index contributed by atoms with van der Waals surface area (Å²) in [5.74, 6) is -0.290. The van der Waals surface area contributed by atoms with Gasteiger partial charge in [0.1, 0.15) is 10.8 Å². The van der Waals surface area contributed by atoms with E-state index in [1.165, 1.54) is 6.07 Å². The van der Waals surface area contributed by atoms with Gasteiger partial charge in [0.15, 0.2) is 0 Å². The van der Waals surface area contributed by atoms with Crippen molar-refractivity contribution < 1.29 is 4.39 Å². The lowest BCUT2D eigenvalue weighted by molar-refractivity contribution is 0.417. The molecular formula is C13H19FN2S. The highest BCUT2D eigenvalue weighted by Gasteiger charge is 2.16. The number of hydrogen-bond donors (Lipinski definition) is 1. The second-order valence-corrected chi connectivity index (χ2v) is 5.89. The maximum absolute atomic E-state index is 13.9. The molecule has 0 saturated heterocycles. The third kappa shape index (κ3) is 3.97.